The summed E-state index contributed by atoms with van der Waals surface area (Å²) in [5.74, 6) is 1.45. The van der Waals surface area contributed by atoms with Gasteiger partial charge in [0.25, 0.3) is 0 Å². The molecular weight excluding hydrogens is 266 g/mol. The number of benzene rings is 1. The van der Waals surface area contributed by atoms with Crippen molar-refractivity contribution in [2.45, 2.75) is 59.4 Å². The Balaban J connectivity index is 2.66. The zero-order valence-electron chi connectivity index (χ0n) is 13.7. The SMILES string of the molecule is CCC(C)CC(CNC(C)(C)C)Cc1cccc(Cl)c1. The number of rotatable bonds is 7. The summed E-state index contributed by atoms with van der Waals surface area (Å²) >= 11 is 6.10. The van der Waals surface area contributed by atoms with E-state index in [1.807, 2.05) is 6.07 Å². The minimum absolute atomic E-state index is 0.183. The van der Waals surface area contributed by atoms with Crippen LogP contribution in [-0.4, -0.2) is 12.1 Å². The number of hydrogen-bond donors (Lipinski definition) is 1. The van der Waals surface area contributed by atoms with Gasteiger partial charge in [0.15, 0.2) is 0 Å². The summed E-state index contributed by atoms with van der Waals surface area (Å²) in [6, 6.07) is 8.28. The number of halogens is 1. The molecule has 1 N–H and O–H groups in total. The highest BCUT2D eigenvalue weighted by Gasteiger charge is 2.17. The fourth-order valence-electron chi connectivity index (χ4n) is 2.42. The van der Waals surface area contributed by atoms with Crippen LogP contribution in [-0.2, 0) is 6.42 Å². The molecule has 0 aliphatic heterocycles. The largest absolute Gasteiger partial charge is 0.312 e. The van der Waals surface area contributed by atoms with Gasteiger partial charge < -0.3 is 5.32 Å². The number of nitrogens with one attached hydrogen (secondary N) is 1. The van der Waals surface area contributed by atoms with E-state index >= 15 is 0 Å². The van der Waals surface area contributed by atoms with Crippen LogP contribution in [0.5, 0.6) is 0 Å². The summed E-state index contributed by atoms with van der Waals surface area (Å²) in [6.45, 7) is 12.4. The summed E-state index contributed by atoms with van der Waals surface area (Å²) in [4.78, 5) is 0. The summed E-state index contributed by atoms with van der Waals surface area (Å²) in [7, 11) is 0. The van der Waals surface area contributed by atoms with Crippen LogP contribution in [0, 0.1) is 11.8 Å². The molecule has 0 heterocycles. The molecule has 0 saturated carbocycles. The molecule has 0 fully saturated rings. The highest BCUT2D eigenvalue weighted by Crippen LogP contribution is 2.21. The van der Waals surface area contributed by atoms with Gasteiger partial charge in [-0.05, 0) is 69.7 Å². The predicted molar refractivity (Wildman–Crippen MR) is 90.5 cm³/mol. The van der Waals surface area contributed by atoms with E-state index in [-0.39, 0.29) is 5.54 Å². The van der Waals surface area contributed by atoms with E-state index in [0.29, 0.717) is 5.92 Å². The zero-order chi connectivity index (χ0) is 15.2. The van der Waals surface area contributed by atoms with E-state index in [2.05, 4.69) is 58.1 Å². The van der Waals surface area contributed by atoms with Gasteiger partial charge in [-0.2, -0.15) is 0 Å². The Hall–Kier alpha value is -0.530. The molecule has 1 nitrogen and oxygen atoms in total. The maximum atomic E-state index is 6.10. The minimum Gasteiger partial charge on any atom is -0.312 e. The van der Waals surface area contributed by atoms with E-state index in [4.69, 9.17) is 11.6 Å². The molecule has 0 saturated heterocycles. The molecule has 1 rings (SSSR count). The molecule has 0 aromatic heterocycles. The summed E-state index contributed by atoms with van der Waals surface area (Å²) in [6.07, 6.45) is 3.63. The molecule has 0 bridgehead atoms. The third kappa shape index (κ3) is 7.31. The molecule has 0 spiro atoms. The Bertz CT molecular complexity index is 395. The lowest BCUT2D eigenvalue weighted by molar-refractivity contribution is 0.320. The summed E-state index contributed by atoms with van der Waals surface area (Å²) in [5, 5.41) is 4.49. The van der Waals surface area contributed by atoms with Crippen molar-refractivity contribution in [3.63, 3.8) is 0 Å². The van der Waals surface area contributed by atoms with Crippen LogP contribution in [0.3, 0.4) is 0 Å². The van der Waals surface area contributed by atoms with E-state index in [1.54, 1.807) is 0 Å². The molecule has 2 atom stereocenters. The van der Waals surface area contributed by atoms with Gasteiger partial charge in [-0.3, -0.25) is 0 Å². The molecule has 2 unspecified atom stereocenters. The average Bonchev–Trinajstić information content (AvgIpc) is 2.35. The van der Waals surface area contributed by atoms with Crippen molar-refractivity contribution in [3.8, 4) is 0 Å². The normalized spacial score (nSPS) is 15.1. The van der Waals surface area contributed by atoms with Crippen LogP contribution >= 0.6 is 11.6 Å². The Morgan fingerprint density at radius 3 is 2.50 bits per heavy atom. The van der Waals surface area contributed by atoms with Gasteiger partial charge in [-0.25, -0.2) is 0 Å². The highest BCUT2D eigenvalue weighted by atomic mass is 35.5. The van der Waals surface area contributed by atoms with Crippen LogP contribution in [0.25, 0.3) is 0 Å². The minimum atomic E-state index is 0.183. The lowest BCUT2D eigenvalue weighted by Crippen LogP contribution is -2.40. The lowest BCUT2D eigenvalue weighted by atomic mass is 9.88. The monoisotopic (exact) mass is 295 g/mol. The van der Waals surface area contributed by atoms with Crippen LogP contribution in [0.15, 0.2) is 24.3 Å². The molecule has 0 radical (unpaired) electrons. The molecule has 1 aromatic carbocycles. The summed E-state index contributed by atoms with van der Waals surface area (Å²) in [5.41, 5.74) is 1.53. The van der Waals surface area contributed by atoms with Crippen molar-refractivity contribution in [2.24, 2.45) is 11.8 Å². The van der Waals surface area contributed by atoms with E-state index < -0.39 is 0 Å². The van der Waals surface area contributed by atoms with Crippen LogP contribution in [0.1, 0.15) is 53.0 Å². The standard InChI is InChI=1S/C18H30ClN/c1-6-14(2)10-16(13-20-18(3,4)5)11-15-8-7-9-17(19)12-15/h7-9,12,14,16,20H,6,10-11,13H2,1-5H3. The van der Waals surface area contributed by atoms with Crippen LogP contribution in [0.2, 0.25) is 5.02 Å². The first-order chi connectivity index (χ1) is 9.30. The van der Waals surface area contributed by atoms with Gasteiger partial charge in [0.1, 0.15) is 0 Å². The van der Waals surface area contributed by atoms with Crippen molar-refractivity contribution in [1.82, 2.24) is 5.32 Å². The first kappa shape index (κ1) is 17.5. The van der Waals surface area contributed by atoms with Gasteiger partial charge >= 0.3 is 0 Å². The van der Waals surface area contributed by atoms with Crippen LogP contribution < -0.4 is 5.32 Å². The second-order valence-electron chi connectivity index (χ2n) is 7.08. The predicted octanol–water partition coefficient (Wildman–Crippen LogP) is 5.32. The summed E-state index contributed by atoms with van der Waals surface area (Å²) < 4.78 is 0. The molecule has 114 valence electrons. The van der Waals surface area contributed by atoms with Gasteiger partial charge in [0.2, 0.25) is 0 Å². The Morgan fingerprint density at radius 2 is 1.95 bits per heavy atom. The van der Waals surface area contributed by atoms with E-state index in [1.165, 1.54) is 18.4 Å². The molecular formula is C18H30ClN. The topological polar surface area (TPSA) is 12.0 Å². The molecule has 0 amide bonds. The second-order valence-corrected chi connectivity index (χ2v) is 7.52. The van der Waals surface area contributed by atoms with Crippen molar-refractivity contribution in [2.75, 3.05) is 6.54 Å². The second kappa shape index (κ2) is 8.05. The third-order valence-electron chi connectivity index (χ3n) is 3.77. The molecule has 1 aromatic rings. The lowest BCUT2D eigenvalue weighted by Gasteiger charge is -2.27. The highest BCUT2D eigenvalue weighted by molar-refractivity contribution is 6.30. The Labute approximate surface area is 130 Å². The van der Waals surface area contributed by atoms with Gasteiger partial charge in [0.05, 0.1) is 0 Å². The van der Waals surface area contributed by atoms with Gasteiger partial charge in [-0.15, -0.1) is 0 Å². The molecule has 2 heteroatoms. The van der Waals surface area contributed by atoms with Gasteiger partial charge in [0, 0.05) is 10.6 Å². The van der Waals surface area contributed by atoms with Crippen molar-refractivity contribution in [1.29, 1.82) is 0 Å². The Kier molecular flexibility index (Phi) is 7.05. The quantitative estimate of drug-likeness (QED) is 0.717. The smallest absolute Gasteiger partial charge is 0.0408 e. The third-order valence-corrected chi connectivity index (χ3v) is 4.00. The maximum Gasteiger partial charge on any atom is 0.0408 e. The first-order valence-electron chi connectivity index (χ1n) is 7.79. The van der Waals surface area contributed by atoms with Gasteiger partial charge in [-0.1, -0.05) is 44.0 Å². The molecule has 0 aliphatic carbocycles. The van der Waals surface area contributed by atoms with Crippen LogP contribution in [0.4, 0.5) is 0 Å². The number of hydrogen-bond acceptors (Lipinski definition) is 1. The molecule has 0 aliphatic rings. The molecule has 20 heavy (non-hydrogen) atoms. The first-order valence-corrected chi connectivity index (χ1v) is 8.17. The van der Waals surface area contributed by atoms with Crippen molar-refractivity contribution in [3.05, 3.63) is 34.9 Å². The van der Waals surface area contributed by atoms with Crippen molar-refractivity contribution < 1.29 is 0 Å². The zero-order valence-corrected chi connectivity index (χ0v) is 14.4. The fraction of sp³-hybridized carbons (Fsp3) is 0.667. The van der Waals surface area contributed by atoms with E-state index in [9.17, 15) is 0 Å². The Morgan fingerprint density at radius 1 is 1.25 bits per heavy atom. The maximum absolute atomic E-state index is 6.10. The fourth-order valence-corrected chi connectivity index (χ4v) is 2.64. The average molecular weight is 296 g/mol. The van der Waals surface area contributed by atoms with E-state index in [0.717, 1.165) is 23.9 Å². The van der Waals surface area contributed by atoms with Crippen molar-refractivity contribution >= 4 is 11.6 Å².